The maximum Gasteiger partial charge on any atom is 0.284 e. The van der Waals surface area contributed by atoms with Gasteiger partial charge in [-0.2, -0.15) is 15.0 Å². The molecule has 0 spiro atoms. The average Bonchev–Trinajstić information content (AvgIpc) is 2.29. The zero-order valence-electron chi connectivity index (χ0n) is 8.94. The molecule has 0 aliphatic carbocycles. The van der Waals surface area contributed by atoms with Crippen molar-refractivity contribution in [2.45, 2.75) is 6.92 Å². The molecule has 11 nitrogen and oxygen atoms in total. The van der Waals surface area contributed by atoms with Crippen molar-refractivity contribution >= 4 is 17.8 Å². The second-order valence-electron chi connectivity index (χ2n) is 2.80. The predicted molar refractivity (Wildman–Crippen MR) is 54.1 cm³/mol. The molecule has 0 aliphatic heterocycles. The van der Waals surface area contributed by atoms with E-state index in [1.54, 1.807) is 0 Å². The summed E-state index contributed by atoms with van der Waals surface area (Å²) in [6.45, 7) is 2.90. The number of nitrogens with zero attached hydrogens (tertiary/aromatic N) is 5. The minimum atomic E-state index is -0.568. The molecule has 96 valence electrons. The summed E-state index contributed by atoms with van der Waals surface area (Å²) in [6.07, 6.45) is 0. The van der Waals surface area contributed by atoms with Crippen LogP contribution in [0.2, 0.25) is 0 Å². The van der Waals surface area contributed by atoms with Gasteiger partial charge in [-0.1, -0.05) is 17.4 Å². The second kappa shape index (κ2) is 6.07. The summed E-state index contributed by atoms with van der Waals surface area (Å²) < 4.78 is 0. The first-order chi connectivity index (χ1) is 8.04. The van der Waals surface area contributed by atoms with Crippen LogP contribution in [0.4, 0.5) is 17.8 Å². The first-order valence-corrected chi connectivity index (χ1v) is 4.61. The van der Waals surface area contributed by atoms with E-state index in [4.69, 9.17) is 20.8 Å². The molecule has 0 aliphatic rings. The summed E-state index contributed by atoms with van der Waals surface area (Å²) >= 11 is 0. The van der Waals surface area contributed by atoms with E-state index < -0.39 is 11.9 Å². The molecule has 0 bridgehead atoms. The minimum Gasteiger partial charge on any atom is -0.341 e. The molecule has 0 atom stereocenters. The highest BCUT2D eigenvalue weighted by Crippen LogP contribution is 2.12. The highest BCUT2D eigenvalue weighted by molar-refractivity contribution is 5.40. The van der Waals surface area contributed by atoms with Gasteiger partial charge in [-0.3, -0.25) is 20.8 Å². The molecule has 0 amide bonds. The van der Waals surface area contributed by atoms with E-state index in [0.29, 0.717) is 13.2 Å². The molecule has 0 unspecified atom stereocenters. The maximum absolute atomic E-state index is 8.74. The van der Waals surface area contributed by atoms with Gasteiger partial charge in [0, 0.05) is 0 Å². The summed E-state index contributed by atoms with van der Waals surface area (Å²) in [6, 6.07) is 0. The van der Waals surface area contributed by atoms with Crippen molar-refractivity contribution in [3.63, 3.8) is 0 Å². The molecule has 1 heterocycles. The Labute approximate surface area is 95.8 Å². The van der Waals surface area contributed by atoms with Crippen molar-refractivity contribution in [1.29, 1.82) is 0 Å². The first-order valence-electron chi connectivity index (χ1n) is 4.61. The number of aromatic nitrogens is 3. The molecule has 0 saturated heterocycles. The molecule has 0 radical (unpaired) electrons. The Kier molecular flexibility index (Phi) is 4.74. The topological polar surface area (TPSA) is 150 Å². The van der Waals surface area contributed by atoms with Crippen LogP contribution < -0.4 is 21.1 Å². The van der Waals surface area contributed by atoms with Crippen molar-refractivity contribution in [2.24, 2.45) is 0 Å². The lowest BCUT2D eigenvalue weighted by Gasteiger charge is -2.12. The predicted octanol–water partition coefficient (Wildman–Crippen LogP) is -0.980. The van der Waals surface area contributed by atoms with Crippen LogP contribution in [0.1, 0.15) is 6.92 Å². The van der Waals surface area contributed by atoms with E-state index in [0.717, 1.165) is 0 Å². The van der Waals surface area contributed by atoms with Gasteiger partial charge in [0.2, 0.25) is 5.95 Å². The number of hydrogen-bond donors (Lipinski definition) is 6. The monoisotopic (exact) mass is 247 g/mol. The molecule has 11 heteroatoms. The Morgan fingerprint density at radius 3 is 1.94 bits per heavy atom. The lowest BCUT2D eigenvalue weighted by atomic mass is 10.7. The summed E-state index contributed by atoms with van der Waals surface area (Å²) in [5.74, 6) is -1.20. The zero-order valence-corrected chi connectivity index (χ0v) is 8.94. The van der Waals surface area contributed by atoms with Gasteiger partial charge < -0.3 is 10.6 Å². The van der Waals surface area contributed by atoms with Crippen LogP contribution in [-0.4, -0.2) is 49.0 Å². The van der Waals surface area contributed by atoms with Crippen molar-refractivity contribution in [2.75, 3.05) is 29.0 Å². The summed E-state index contributed by atoms with van der Waals surface area (Å²) in [5.41, 5.74) is 0. The van der Waals surface area contributed by atoms with Gasteiger partial charge in [-0.25, -0.2) is 0 Å². The Morgan fingerprint density at radius 1 is 1.00 bits per heavy atom. The Morgan fingerprint density at radius 2 is 1.53 bits per heavy atom. The average molecular weight is 247 g/mol. The van der Waals surface area contributed by atoms with Gasteiger partial charge in [-0.15, -0.1) is 0 Å². The van der Waals surface area contributed by atoms with E-state index in [9.17, 15) is 0 Å². The molecule has 17 heavy (non-hydrogen) atoms. The lowest BCUT2D eigenvalue weighted by molar-refractivity contribution is 0.0180. The third kappa shape index (κ3) is 3.93. The van der Waals surface area contributed by atoms with Crippen LogP contribution in [0.15, 0.2) is 0 Å². The van der Waals surface area contributed by atoms with Gasteiger partial charge in [0.1, 0.15) is 0 Å². The van der Waals surface area contributed by atoms with Gasteiger partial charge in [0.25, 0.3) is 11.9 Å². The zero-order chi connectivity index (χ0) is 12.8. The Hall–Kier alpha value is -1.79. The van der Waals surface area contributed by atoms with Crippen molar-refractivity contribution < 1.29 is 20.8 Å². The van der Waals surface area contributed by atoms with Crippen LogP contribution >= 0.6 is 0 Å². The number of hydrogen-bond acceptors (Lipinski definition) is 11. The quantitative estimate of drug-likeness (QED) is 0.209. The molecular formula is C6H13N7O4. The van der Waals surface area contributed by atoms with Crippen LogP contribution in [0.25, 0.3) is 0 Å². The first kappa shape index (κ1) is 13.3. The highest BCUT2D eigenvalue weighted by Gasteiger charge is 2.13. The van der Waals surface area contributed by atoms with E-state index in [1.807, 2.05) is 6.92 Å². The van der Waals surface area contributed by atoms with Crippen LogP contribution in [0.3, 0.4) is 0 Å². The Balaban J connectivity index is 2.88. The van der Waals surface area contributed by atoms with Gasteiger partial charge in [0.15, 0.2) is 0 Å². The second-order valence-corrected chi connectivity index (χ2v) is 2.80. The molecule has 1 aromatic heterocycles. The number of rotatable bonds is 6. The molecule has 6 N–H and O–H groups in total. The van der Waals surface area contributed by atoms with E-state index >= 15 is 0 Å². The molecule has 0 saturated carbocycles. The third-order valence-electron chi connectivity index (χ3n) is 1.59. The van der Waals surface area contributed by atoms with Crippen molar-refractivity contribution in [3.05, 3.63) is 0 Å². The standard InChI is InChI=1S/C6H13N7O4/c1-2-7-3-8-4-9-5(12(14)15)11-6(10-4)13(16)17/h7,14-17H,2-3H2,1H3,(H,8,9,10,11). The fraction of sp³-hybridized carbons (Fsp3) is 0.500. The van der Waals surface area contributed by atoms with Gasteiger partial charge in [-0.05, 0) is 6.54 Å². The molecule has 0 aromatic carbocycles. The van der Waals surface area contributed by atoms with E-state index in [-0.39, 0.29) is 16.4 Å². The summed E-state index contributed by atoms with van der Waals surface area (Å²) in [7, 11) is 0. The minimum absolute atomic E-state index is 0.0628. The van der Waals surface area contributed by atoms with Crippen LogP contribution in [-0.2, 0) is 0 Å². The third-order valence-corrected chi connectivity index (χ3v) is 1.59. The largest absolute Gasteiger partial charge is 0.341 e. The summed E-state index contributed by atoms with van der Waals surface area (Å²) in [5, 5.41) is 39.8. The van der Waals surface area contributed by atoms with Crippen molar-refractivity contribution in [3.8, 4) is 0 Å². The van der Waals surface area contributed by atoms with Gasteiger partial charge >= 0.3 is 0 Å². The SMILES string of the molecule is CCNCNc1nc(N(O)O)nc(N(O)O)n1. The summed E-state index contributed by atoms with van der Waals surface area (Å²) in [4.78, 5) is 10.5. The maximum atomic E-state index is 8.74. The number of anilines is 3. The highest BCUT2D eigenvalue weighted by atomic mass is 16.8. The van der Waals surface area contributed by atoms with Gasteiger partial charge in [0.05, 0.1) is 6.67 Å². The fourth-order valence-electron chi connectivity index (χ4n) is 0.878. The molecule has 0 fully saturated rings. The fourth-order valence-corrected chi connectivity index (χ4v) is 0.878. The van der Waals surface area contributed by atoms with E-state index in [2.05, 4.69) is 25.6 Å². The Bertz CT molecular complexity index is 334. The smallest absolute Gasteiger partial charge is 0.284 e. The molecular weight excluding hydrogens is 234 g/mol. The number of nitrogens with one attached hydrogen (secondary N) is 2. The van der Waals surface area contributed by atoms with Crippen molar-refractivity contribution in [1.82, 2.24) is 20.3 Å². The molecule has 1 aromatic rings. The lowest BCUT2D eigenvalue weighted by Crippen LogP contribution is -2.25. The van der Waals surface area contributed by atoms with Crippen LogP contribution in [0.5, 0.6) is 0 Å². The van der Waals surface area contributed by atoms with Crippen LogP contribution in [0, 0.1) is 0 Å². The molecule has 1 rings (SSSR count). The normalized spacial score (nSPS) is 10.2. The van der Waals surface area contributed by atoms with E-state index in [1.165, 1.54) is 0 Å².